The van der Waals surface area contributed by atoms with Gasteiger partial charge in [0.05, 0.1) is 12.3 Å². The highest BCUT2D eigenvalue weighted by Gasteiger charge is 2.11. The van der Waals surface area contributed by atoms with Crippen LogP contribution in [0.2, 0.25) is 0 Å². The Morgan fingerprint density at radius 3 is 1.39 bits per heavy atom. The Balaban J connectivity index is 4.96. The van der Waals surface area contributed by atoms with Gasteiger partial charge >= 0.3 is 15.2 Å². The summed E-state index contributed by atoms with van der Waals surface area (Å²) in [5.74, 6) is 0. The molecule has 0 saturated carbocycles. The maximum absolute atomic E-state index is 10.8. The quantitative estimate of drug-likeness (QED) is 0.152. The molecule has 0 unspecified atom stereocenters. The van der Waals surface area contributed by atoms with Crippen LogP contribution >= 0.6 is 15.2 Å². The van der Waals surface area contributed by atoms with E-state index in [2.05, 4.69) is 9.98 Å². The van der Waals surface area contributed by atoms with Crippen molar-refractivity contribution in [3.8, 4) is 0 Å². The van der Waals surface area contributed by atoms with Crippen LogP contribution in [-0.2, 0) is 9.13 Å². The topological polar surface area (TPSA) is 140 Å². The van der Waals surface area contributed by atoms with Crippen molar-refractivity contribution in [1.82, 2.24) is 0 Å². The molecule has 0 amide bonds. The summed E-state index contributed by atoms with van der Waals surface area (Å²) in [6.45, 7) is 4.42. The minimum atomic E-state index is -3.98. The van der Waals surface area contributed by atoms with E-state index in [1.807, 2.05) is 38.2 Å². The lowest BCUT2D eigenvalue weighted by Gasteiger charge is -2.03. The van der Waals surface area contributed by atoms with Crippen LogP contribution in [0.5, 0.6) is 0 Å². The smallest absolute Gasteiger partial charge is 0.324 e. The molecule has 0 fully saturated rings. The first-order valence-electron chi connectivity index (χ1n) is 8.84. The molecular weight excluding hydrogens is 402 g/mol. The van der Waals surface area contributed by atoms with Crippen molar-refractivity contribution >= 4 is 27.6 Å². The van der Waals surface area contributed by atoms with E-state index in [4.69, 9.17) is 19.6 Å². The summed E-state index contributed by atoms with van der Waals surface area (Å²) >= 11 is 0. The largest absolute Gasteiger partial charge is 0.325 e. The first-order chi connectivity index (χ1) is 13.1. The van der Waals surface area contributed by atoms with Crippen molar-refractivity contribution in [3.05, 3.63) is 47.6 Å². The van der Waals surface area contributed by atoms with Gasteiger partial charge in [0.2, 0.25) is 0 Å². The Kier molecular flexibility index (Phi) is 13.8. The minimum Gasteiger partial charge on any atom is -0.324 e. The van der Waals surface area contributed by atoms with E-state index in [1.165, 1.54) is 0 Å². The van der Waals surface area contributed by atoms with Crippen molar-refractivity contribution < 1.29 is 28.7 Å². The summed E-state index contributed by atoms with van der Waals surface area (Å²) in [6, 6.07) is 0. The zero-order chi connectivity index (χ0) is 21.5. The Morgan fingerprint density at radius 1 is 0.750 bits per heavy atom. The van der Waals surface area contributed by atoms with E-state index in [0.29, 0.717) is 25.9 Å². The number of allylic oxidation sites excluding steroid dienone is 8. The third-order valence-electron chi connectivity index (χ3n) is 3.22. The molecule has 28 heavy (non-hydrogen) atoms. The van der Waals surface area contributed by atoms with Gasteiger partial charge in [-0.05, 0) is 50.0 Å². The van der Waals surface area contributed by atoms with E-state index in [0.717, 1.165) is 11.1 Å². The van der Waals surface area contributed by atoms with Gasteiger partial charge in [0.1, 0.15) is 0 Å². The molecule has 10 heteroatoms. The highest BCUT2D eigenvalue weighted by molar-refractivity contribution is 7.52. The van der Waals surface area contributed by atoms with Gasteiger partial charge < -0.3 is 19.6 Å². The van der Waals surface area contributed by atoms with Crippen LogP contribution in [0.4, 0.5) is 0 Å². The fourth-order valence-corrected chi connectivity index (χ4v) is 3.11. The molecule has 0 spiro atoms. The van der Waals surface area contributed by atoms with Crippen LogP contribution in [-0.4, -0.2) is 57.4 Å². The minimum absolute atomic E-state index is 0.183. The first kappa shape index (κ1) is 26.6. The van der Waals surface area contributed by atoms with Gasteiger partial charge in [-0.1, -0.05) is 24.3 Å². The number of hydrogen-bond acceptors (Lipinski definition) is 4. The first-order valence-corrected chi connectivity index (χ1v) is 12.4. The molecule has 0 aliphatic carbocycles. The van der Waals surface area contributed by atoms with Crippen molar-refractivity contribution in [1.29, 1.82) is 0 Å². The molecule has 0 aromatic carbocycles. The molecule has 0 aliphatic rings. The second-order valence-corrected chi connectivity index (χ2v) is 9.39. The van der Waals surface area contributed by atoms with Gasteiger partial charge in [0.15, 0.2) is 0 Å². The summed E-state index contributed by atoms with van der Waals surface area (Å²) < 4.78 is 21.6. The summed E-state index contributed by atoms with van der Waals surface area (Å²) in [4.78, 5) is 43.5. The summed E-state index contributed by atoms with van der Waals surface area (Å²) in [5, 5.41) is 0. The third-order valence-corrected chi connectivity index (χ3v) is 5.02. The molecule has 0 saturated heterocycles. The van der Waals surface area contributed by atoms with E-state index in [-0.39, 0.29) is 12.3 Å². The predicted molar refractivity (Wildman–Crippen MR) is 116 cm³/mol. The summed E-state index contributed by atoms with van der Waals surface area (Å²) in [5.41, 5.74) is 1.75. The van der Waals surface area contributed by atoms with Crippen LogP contribution in [0.25, 0.3) is 0 Å². The zero-order valence-corrected chi connectivity index (χ0v) is 18.0. The van der Waals surface area contributed by atoms with Crippen molar-refractivity contribution in [2.75, 3.05) is 25.4 Å². The Hall–Kier alpha value is -1.40. The molecule has 0 bridgehead atoms. The number of rotatable bonds is 13. The lowest BCUT2D eigenvalue weighted by Crippen LogP contribution is -1.92. The Labute approximate surface area is 166 Å². The average Bonchev–Trinajstić information content (AvgIpc) is 2.57. The predicted octanol–water partition coefficient (Wildman–Crippen LogP) is 3.27. The zero-order valence-electron chi connectivity index (χ0n) is 16.3. The number of hydrogen-bond donors (Lipinski definition) is 4. The fourth-order valence-electron chi connectivity index (χ4n) is 2.01. The summed E-state index contributed by atoms with van der Waals surface area (Å²) in [6.07, 6.45) is 14.6. The molecule has 4 N–H and O–H groups in total. The molecular formula is C18H30N2O6P2. The molecule has 0 rings (SSSR count). The van der Waals surface area contributed by atoms with Gasteiger partial charge in [-0.15, -0.1) is 0 Å². The number of aliphatic imine (C=N–C) groups is 2. The lowest BCUT2D eigenvalue weighted by molar-refractivity contribution is 0.370. The van der Waals surface area contributed by atoms with Crippen LogP contribution in [0.3, 0.4) is 0 Å². The standard InChI is InChI=1S/C18H30N2O6P2/c1-3-7-17(9-13-19-11-5-15-27(21,22)23)18(8-4-2)10-14-20-12-6-16-28(24,25)26/h3-4,7-10,13-14H,5-6,11-12,15-16H2,1-2H3,(H2,21,22,23)(H2,24,25,26)/b7-3-,8-4-,17-9-,18-10+,19-13+,20-14+. The van der Waals surface area contributed by atoms with E-state index in [1.54, 1.807) is 24.6 Å². The maximum atomic E-state index is 10.8. The summed E-state index contributed by atoms with van der Waals surface area (Å²) in [7, 11) is -7.95. The lowest BCUT2D eigenvalue weighted by atomic mass is 10.0. The second-order valence-electron chi connectivity index (χ2n) is 5.84. The highest BCUT2D eigenvalue weighted by Crippen LogP contribution is 2.35. The average molecular weight is 432 g/mol. The molecule has 8 nitrogen and oxygen atoms in total. The van der Waals surface area contributed by atoms with E-state index < -0.39 is 15.2 Å². The molecule has 0 heterocycles. The Morgan fingerprint density at radius 2 is 1.11 bits per heavy atom. The molecule has 158 valence electrons. The van der Waals surface area contributed by atoms with Crippen molar-refractivity contribution in [2.45, 2.75) is 26.7 Å². The second kappa shape index (κ2) is 14.6. The number of nitrogens with zero attached hydrogens (tertiary/aromatic N) is 2. The SMILES string of the molecule is C\C=C/C(=C/C=N/CCCP(=O)(O)O)C(/C=C\C)=C/C=N/CCCP(=O)(O)O. The van der Waals surface area contributed by atoms with Gasteiger partial charge in [-0.2, -0.15) is 0 Å². The third kappa shape index (κ3) is 16.8. The van der Waals surface area contributed by atoms with E-state index in [9.17, 15) is 9.13 Å². The van der Waals surface area contributed by atoms with Crippen molar-refractivity contribution in [2.24, 2.45) is 9.98 Å². The van der Waals surface area contributed by atoms with Gasteiger partial charge in [-0.3, -0.25) is 19.1 Å². The molecule has 0 aromatic heterocycles. The monoisotopic (exact) mass is 432 g/mol. The van der Waals surface area contributed by atoms with Gasteiger partial charge in [-0.25, -0.2) is 0 Å². The fraction of sp³-hybridized carbons (Fsp3) is 0.444. The molecule has 0 aliphatic heterocycles. The molecule has 0 atom stereocenters. The normalized spacial score (nSPS) is 15.1. The maximum Gasteiger partial charge on any atom is 0.325 e. The molecule has 0 aromatic rings. The molecule has 0 radical (unpaired) electrons. The highest BCUT2D eigenvalue weighted by atomic mass is 31.2. The van der Waals surface area contributed by atoms with Crippen LogP contribution in [0.15, 0.2) is 57.6 Å². The van der Waals surface area contributed by atoms with Crippen LogP contribution in [0, 0.1) is 0 Å². The van der Waals surface area contributed by atoms with Crippen LogP contribution in [0.1, 0.15) is 26.7 Å². The van der Waals surface area contributed by atoms with Gasteiger partial charge in [0.25, 0.3) is 0 Å². The van der Waals surface area contributed by atoms with Crippen LogP contribution < -0.4 is 0 Å². The Bertz CT molecular complexity index is 664. The van der Waals surface area contributed by atoms with Gasteiger partial charge in [0, 0.05) is 25.5 Å². The van der Waals surface area contributed by atoms with Crippen molar-refractivity contribution in [3.63, 3.8) is 0 Å². The van der Waals surface area contributed by atoms with E-state index >= 15 is 0 Å².